The molecule has 0 aliphatic carbocycles. The molecule has 108 valence electrons. The van der Waals surface area contributed by atoms with Gasteiger partial charge >= 0.3 is 12.1 Å². The van der Waals surface area contributed by atoms with Crippen LogP contribution in [0.15, 0.2) is 0 Å². The molecule has 0 saturated heterocycles. The molecule has 1 N–H and O–H groups in total. The Kier molecular flexibility index (Phi) is 7.23. The van der Waals surface area contributed by atoms with E-state index < -0.39 is 24.3 Å². The summed E-state index contributed by atoms with van der Waals surface area (Å²) in [6.45, 7) is 5.88. The predicted octanol–water partition coefficient (Wildman–Crippen LogP) is 1.88. The summed E-state index contributed by atoms with van der Waals surface area (Å²) < 4.78 is 46.2. The highest BCUT2D eigenvalue weighted by molar-refractivity contribution is 5.75. The maximum Gasteiger partial charge on any atom is 0.414 e. The van der Waals surface area contributed by atoms with Crippen LogP contribution in [0.4, 0.5) is 13.2 Å². The molecule has 0 radical (unpaired) electrons. The van der Waals surface area contributed by atoms with Gasteiger partial charge < -0.3 is 14.8 Å². The number of alkyl halides is 3. The van der Waals surface area contributed by atoms with Crippen LogP contribution in [0.25, 0.3) is 0 Å². The molecule has 0 aromatic carbocycles. The molecule has 2 atom stereocenters. The van der Waals surface area contributed by atoms with E-state index in [0.29, 0.717) is 0 Å². The van der Waals surface area contributed by atoms with Gasteiger partial charge in [0, 0.05) is 6.04 Å². The van der Waals surface area contributed by atoms with Crippen molar-refractivity contribution in [3.63, 3.8) is 0 Å². The summed E-state index contributed by atoms with van der Waals surface area (Å²) in [6.07, 6.45) is -6.35. The van der Waals surface area contributed by atoms with Gasteiger partial charge in [0.15, 0.2) is 6.10 Å². The van der Waals surface area contributed by atoms with Gasteiger partial charge in [-0.05, 0) is 13.8 Å². The predicted molar refractivity (Wildman–Crippen MR) is 60.2 cm³/mol. The number of carbonyl (C=O) groups excluding carboxylic acids is 1. The van der Waals surface area contributed by atoms with E-state index >= 15 is 0 Å². The van der Waals surface area contributed by atoms with E-state index in [1.165, 1.54) is 0 Å². The van der Waals surface area contributed by atoms with Gasteiger partial charge in [0.2, 0.25) is 0 Å². The smallest absolute Gasteiger partial charge is 0.414 e. The number of hydrogen-bond donors (Lipinski definition) is 1. The first-order valence-electron chi connectivity index (χ1n) is 5.79. The van der Waals surface area contributed by atoms with Crippen molar-refractivity contribution in [2.24, 2.45) is 0 Å². The molecule has 0 aromatic heterocycles. The monoisotopic (exact) mass is 271 g/mol. The number of esters is 1. The van der Waals surface area contributed by atoms with Crippen LogP contribution in [-0.4, -0.2) is 43.5 Å². The number of hydrogen-bond acceptors (Lipinski definition) is 4. The number of nitrogens with one attached hydrogen (secondary N) is 1. The van der Waals surface area contributed by atoms with Crippen LogP contribution in [0.3, 0.4) is 0 Å². The lowest BCUT2D eigenvalue weighted by Gasteiger charge is -2.22. The Morgan fingerprint density at radius 2 is 1.83 bits per heavy atom. The molecule has 0 fully saturated rings. The minimum absolute atomic E-state index is 0.0656. The van der Waals surface area contributed by atoms with Crippen molar-refractivity contribution < 1.29 is 27.4 Å². The Morgan fingerprint density at radius 1 is 1.28 bits per heavy atom. The van der Waals surface area contributed by atoms with E-state index in [1.54, 1.807) is 20.8 Å². The summed E-state index contributed by atoms with van der Waals surface area (Å²) in [4.78, 5) is 11.5. The molecular formula is C11H20F3NO3. The van der Waals surface area contributed by atoms with Crippen LogP contribution in [0.2, 0.25) is 0 Å². The average molecular weight is 271 g/mol. The standard InChI is InChI=1S/C11H20F3NO3/c1-5-17-10(16)9(15-7(2)3)6-18-8(4)11(12,13)14/h7-9,15H,5-6H2,1-4H3. The summed E-state index contributed by atoms with van der Waals surface area (Å²) in [5.74, 6) is -0.611. The number of carbonyl (C=O) groups is 1. The lowest BCUT2D eigenvalue weighted by Crippen LogP contribution is -2.46. The number of rotatable bonds is 7. The zero-order valence-electron chi connectivity index (χ0n) is 11.0. The number of halogens is 3. The zero-order chi connectivity index (χ0) is 14.3. The van der Waals surface area contributed by atoms with Crippen LogP contribution in [-0.2, 0) is 14.3 Å². The molecule has 0 amide bonds. The first kappa shape index (κ1) is 17.2. The van der Waals surface area contributed by atoms with Gasteiger partial charge in [-0.15, -0.1) is 0 Å². The second kappa shape index (κ2) is 7.58. The lowest BCUT2D eigenvalue weighted by molar-refractivity contribution is -0.216. The van der Waals surface area contributed by atoms with Crippen molar-refractivity contribution in [2.45, 2.75) is 52.1 Å². The third-order valence-electron chi connectivity index (χ3n) is 2.08. The van der Waals surface area contributed by atoms with Crippen LogP contribution in [0.5, 0.6) is 0 Å². The van der Waals surface area contributed by atoms with Crippen molar-refractivity contribution in [2.75, 3.05) is 13.2 Å². The molecule has 4 nitrogen and oxygen atoms in total. The van der Waals surface area contributed by atoms with Crippen LogP contribution in [0, 0.1) is 0 Å². The second-order valence-electron chi connectivity index (χ2n) is 4.14. The summed E-state index contributed by atoms with van der Waals surface area (Å²) >= 11 is 0. The van der Waals surface area contributed by atoms with Gasteiger partial charge in [-0.3, -0.25) is 4.79 Å². The molecule has 0 aliphatic rings. The summed E-state index contributed by atoms with van der Waals surface area (Å²) in [5, 5.41) is 2.80. The van der Waals surface area contributed by atoms with Crippen molar-refractivity contribution >= 4 is 5.97 Å². The van der Waals surface area contributed by atoms with Crippen molar-refractivity contribution in [3.05, 3.63) is 0 Å². The average Bonchev–Trinajstić information content (AvgIpc) is 2.22. The van der Waals surface area contributed by atoms with E-state index in [0.717, 1.165) is 6.92 Å². The second-order valence-corrected chi connectivity index (χ2v) is 4.14. The molecule has 0 aliphatic heterocycles. The highest BCUT2D eigenvalue weighted by Gasteiger charge is 2.37. The molecule has 0 rings (SSSR count). The lowest BCUT2D eigenvalue weighted by atomic mass is 10.2. The van der Waals surface area contributed by atoms with Gasteiger partial charge in [-0.1, -0.05) is 13.8 Å². The van der Waals surface area contributed by atoms with Gasteiger partial charge in [-0.2, -0.15) is 13.2 Å². The largest absolute Gasteiger partial charge is 0.465 e. The molecule has 0 aromatic rings. The minimum Gasteiger partial charge on any atom is -0.465 e. The summed E-state index contributed by atoms with van der Waals surface area (Å²) in [7, 11) is 0. The van der Waals surface area contributed by atoms with Gasteiger partial charge in [-0.25, -0.2) is 0 Å². The zero-order valence-corrected chi connectivity index (χ0v) is 11.0. The minimum atomic E-state index is -4.43. The van der Waals surface area contributed by atoms with E-state index in [9.17, 15) is 18.0 Å². The molecule has 0 saturated carbocycles. The summed E-state index contributed by atoms with van der Waals surface area (Å²) in [6, 6.07) is -0.959. The fourth-order valence-corrected chi connectivity index (χ4v) is 1.16. The Hall–Kier alpha value is -0.820. The van der Waals surface area contributed by atoms with Crippen molar-refractivity contribution in [3.8, 4) is 0 Å². The highest BCUT2D eigenvalue weighted by atomic mass is 19.4. The van der Waals surface area contributed by atoms with E-state index in [4.69, 9.17) is 4.74 Å². The van der Waals surface area contributed by atoms with Crippen molar-refractivity contribution in [1.82, 2.24) is 5.32 Å². The fraction of sp³-hybridized carbons (Fsp3) is 0.909. The Bertz CT molecular complexity index is 256. The molecule has 7 heteroatoms. The molecule has 0 bridgehead atoms. The normalized spacial score (nSPS) is 15.6. The topological polar surface area (TPSA) is 47.6 Å². The quantitative estimate of drug-likeness (QED) is 0.718. The molecular weight excluding hydrogens is 251 g/mol. The van der Waals surface area contributed by atoms with Gasteiger partial charge in [0.25, 0.3) is 0 Å². The van der Waals surface area contributed by atoms with E-state index in [2.05, 4.69) is 10.1 Å². The van der Waals surface area contributed by atoms with E-state index in [-0.39, 0.29) is 19.3 Å². The van der Waals surface area contributed by atoms with E-state index in [1.807, 2.05) is 0 Å². The Labute approximate surface area is 105 Å². The maximum atomic E-state index is 12.2. The van der Waals surface area contributed by atoms with Crippen LogP contribution >= 0.6 is 0 Å². The molecule has 18 heavy (non-hydrogen) atoms. The van der Waals surface area contributed by atoms with Crippen LogP contribution < -0.4 is 5.32 Å². The highest BCUT2D eigenvalue weighted by Crippen LogP contribution is 2.22. The first-order valence-corrected chi connectivity index (χ1v) is 5.79. The third kappa shape index (κ3) is 6.80. The van der Waals surface area contributed by atoms with Crippen LogP contribution in [0.1, 0.15) is 27.7 Å². The SMILES string of the molecule is CCOC(=O)C(COC(C)C(F)(F)F)NC(C)C. The van der Waals surface area contributed by atoms with Gasteiger partial charge in [0.1, 0.15) is 6.04 Å². The number of ether oxygens (including phenoxy) is 2. The van der Waals surface area contributed by atoms with Gasteiger partial charge in [0.05, 0.1) is 13.2 Å². The molecule has 0 heterocycles. The third-order valence-corrected chi connectivity index (χ3v) is 2.08. The Balaban J connectivity index is 4.37. The fourth-order valence-electron chi connectivity index (χ4n) is 1.16. The summed E-state index contributed by atoms with van der Waals surface area (Å²) in [5.41, 5.74) is 0. The first-order chi connectivity index (χ1) is 8.18. The molecule has 0 spiro atoms. The maximum absolute atomic E-state index is 12.2. The van der Waals surface area contributed by atoms with Crippen molar-refractivity contribution in [1.29, 1.82) is 0 Å². The Morgan fingerprint density at radius 3 is 2.22 bits per heavy atom. The molecule has 2 unspecified atom stereocenters.